The molecule has 0 atom stereocenters. The normalized spacial score (nSPS) is 15.0. The highest BCUT2D eigenvalue weighted by atomic mass is 16.6. The summed E-state index contributed by atoms with van der Waals surface area (Å²) in [5, 5.41) is 13.2. The average molecular weight is 429 g/mol. The highest BCUT2D eigenvalue weighted by Crippen LogP contribution is 2.28. The fraction of sp³-hybridized carbons (Fsp3) is 0.714. The zero-order valence-electron chi connectivity index (χ0n) is 19.0. The molecule has 1 saturated heterocycles. The fourth-order valence-electron chi connectivity index (χ4n) is 2.72. The molecule has 9 nitrogen and oxygen atoms in total. The number of likely N-dealkylation sites (N-methyl/N-ethyl adjacent to an activating group) is 1. The number of hydrazine groups is 1. The van der Waals surface area contributed by atoms with Gasteiger partial charge in [0, 0.05) is 51.1 Å². The molecular formula is C21H40N4O5. The molecule has 1 aromatic rings. The molecule has 1 aliphatic heterocycles. The average Bonchev–Trinajstić information content (AvgIpc) is 2.76. The number of hydrogen-bond acceptors (Lipinski definition) is 9. The molecule has 0 unspecified atom stereocenters. The van der Waals surface area contributed by atoms with E-state index in [1.165, 1.54) is 5.17 Å². The van der Waals surface area contributed by atoms with Gasteiger partial charge in [0.2, 0.25) is 0 Å². The second-order valence-corrected chi connectivity index (χ2v) is 6.92. The van der Waals surface area contributed by atoms with Crippen molar-refractivity contribution in [1.82, 2.24) is 15.1 Å². The number of rotatable bonds is 12. The summed E-state index contributed by atoms with van der Waals surface area (Å²) in [6, 6.07) is 5.26. The number of hydroxylamine groups is 1. The molecule has 0 aromatic heterocycles. The minimum absolute atomic E-state index is 0.403. The Bertz CT molecular complexity index is 552. The minimum Gasteiger partial charge on any atom is -0.493 e. The van der Waals surface area contributed by atoms with Crippen molar-refractivity contribution in [3.05, 3.63) is 18.2 Å². The molecule has 0 amide bonds. The molecule has 0 saturated carbocycles. The summed E-state index contributed by atoms with van der Waals surface area (Å²) < 4.78 is 21.3. The first-order chi connectivity index (χ1) is 14.5. The van der Waals surface area contributed by atoms with Crippen molar-refractivity contribution in [3.63, 3.8) is 0 Å². The molecule has 0 radical (unpaired) electrons. The Morgan fingerprint density at radius 3 is 2.33 bits per heavy atom. The van der Waals surface area contributed by atoms with Gasteiger partial charge in [-0.05, 0) is 32.5 Å². The van der Waals surface area contributed by atoms with Crippen LogP contribution in [0.5, 0.6) is 11.5 Å². The summed E-state index contributed by atoms with van der Waals surface area (Å²) >= 11 is 0. The molecule has 2 rings (SSSR count). The first-order valence-corrected chi connectivity index (χ1v) is 10.6. The van der Waals surface area contributed by atoms with Crippen molar-refractivity contribution in [2.45, 2.75) is 20.3 Å². The van der Waals surface area contributed by atoms with Gasteiger partial charge in [0.1, 0.15) is 6.61 Å². The predicted octanol–water partition coefficient (Wildman–Crippen LogP) is 1.96. The lowest BCUT2D eigenvalue weighted by molar-refractivity contribution is -0.258. The summed E-state index contributed by atoms with van der Waals surface area (Å²) in [7, 11) is 3.66. The number of piperazine rings is 1. The molecule has 1 aliphatic rings. The summed E-state index contributed by atoms with van der Waals surface area (Å²) in [4.78, 5) is 2.24. The molecular weight excluding hydrogens is 388 g/mol. The number of hydrogen-bond donors (Lipinski definition) is 2. The molecule has 30 heavy (non-hydrogen) atoms. The molecule has 1 heterocycles. The molecule has 0 spiro atoms. The van der Waals surface area contributed by atoms with E-state index in [1.54, 1.807) is 25.3 Å². The van der Waals surface area contributed by atoms with Crippen LogP contribution in [0.4, 0.5) is 5.69 Å². The molecule has 1 fully saturated rings. The molecule has 0 aliphatic carbocycles. The topological polar surface area (TPSA) is 92.9 Å². The third kappa shape index (κ3) is 11.0. The molecule has 0 bridgehead atoms. The SMILES string of the molecule is CCCOCC.COc1cc(N)ccc1OCCOCCN(O)N1CCN(C)CC1. The number of nitrogens with two attached hydrogens (primary N) is 1. The number of methoxy groups -OCH3 is 1. The Balaban J connectivity index is 0.000000656. The van der Waals surface area contributed by atoms with Crippen LogP contribution in [0, 0.1) is 0 Å². The predicted molar refractivity (Wildman–Crippen MR) is 118 cm³/mol. The van der Waals surface area contributed by atoms with Crippen LogP contribution < -0.4 is 15.2 Å². The third-order valence-corrected chi connectivity index (χ3v) is 4.47. The van der Waals surface area contributed by atoms with Gasteiger partial charge < -0.3 is 29.6 Å². The second kappa shape index (κ2) is 16.1. The Morgan fingerprint density at radius 1 is 1.00 bits per heavy atom. The number of anilines is 1. The monoisotopic (exact) mass is 428 g/mol. The lowest BCUT2D eigenvalue weighted by Gasteiger charge is -2.36. The zero-order chi connectivity index (χ0) is 22.2. The van der Waals surface area contributed by atoms with Crippen molar-refractivity contribution >= 4 is 5.69 Å². The van der Waals surface area contributed by atoms with Crippen molar-refractivity contribution in [2.24, 2.45) is 0 Å². The number of benzene rings is 1. The van der Waals surface area contributed by atoms with E-state index in [2.05, 4.69) is 18.9 Å². The largest absolute Gasteiger partial charge is 0.493 e. The van der Waals surface area contributed by atoms with Gasteiger partial charge in [-0.2, -0.15) is 0 Å². The molecule has 9 heteroatoms. The number of nitrogens with zero attached hydrogens (tertiary/aromatic N) is 3. The second-order valence-electron chi connectivity index (χ2n) is 6.92. The van der Waals surface area contributed by atoms with Gasteiger partial charge in [-0.3, -0.25) is 5.21 Å². The van der Waals surface area contributed by atoms with Crippen LogP contribution in [0.1, 0.15) is 20.3 Å². The van der Waals surface area contributed by atoms with Gasteiger partial charge in [0.15, 0.2) is 11.5 Å². The van der Waals surface area contributed by atoms with Gasteiger partial charge in [-0.25, -0.2) is 5.01 Å². The van der Waals surface area contributed by atoms with E-state index >= 15 is 0 Å². The highest BCUT2D eigenvalue weighted by Gasteiger charge is 2.18. The first kappa shape index (κ1) is 26.4. The Morgan fingerprint density at radius 2 is 1.73 bits per heavy atom. The molecule has 1 aromatic carbocycles. The van der Waals surface area contributed by atoms with Gasteiger partial charge in [-0.15, -0.1) is 5.17 Å². The van der Waals surface area contributed by atoms with E-state index in [4.69, 9.17) is 24.7 Å². The van der Waals surface area contributed by atoms with Crippen LogP contribution in [-0.4, -0.2) is 100 Å². The van der Waals surface area contributed by atoms with Crippen LogP contribution in [0.2, 0.25) is 0 Å². The van der Waals surface area contributed by atoms with E-state index in [1.807, 2.05) is 11.9 Å². The standard InChI is InChI=1S/C16H28N4O4.C5H12O/c1-18-5-7-19(8-6-18)20(21)9-10-23-11-12-24-15-4-3-14(17)13-16(15)22-2;1-3-5-6-4-2/h3-4,13,21H,5-12,17H2,1-2H3;3-5H2,1-2H3. The van der Waals surface area contributed by atoms with E-state index < -0.39 is 0 Å². The van der Waals surface area contributed by atoms with Crippen LogP contribution in [0.15, 0.2) is 18.2 Å². The van der Waals surface area contributed by atoms with Crippen molar-refractivity contribution in [1.29, 1.82) is 0 Å². The van der Waals surface area contributed by atoms with Crippen LogP contribution in [0.3, 0.4) is 0 Å². The Kier molecular flexibility index (Phi) is 14.2. The minimum atomic E-state index is 0.403. The van der Waals surface area contributed by atoms with Crippen molar-refractivity contribution < 1.29 is 24.2 Å². The molecule has 3 N–H and O–H groups in total. The number of ether oxygens (including phenoxy) is 4. The summed E-state index contributed by atoms with van der Waals surface area (Å²) in [6.45, 7) is 11.2. The van der Waals surface area contributed by atoms with Gasteiger partial charge in [0.05, 0.1) is 26.9 Å². The third-order valence-electron chi connectivity index (χ3n) is 4.47. The summed E-state index contributed by atoms with van der Waals surface area (Å²) in [5.41, 5.74) is 6.33. The lowest BCUT2D eigenvalue weighted by Crippen LogP contribution is -2.52. The maximum absolute atomic E-state index is 9.99. The van der Waals surface area contributed by atoms with Crippen LogP contribution in [0.25, 0.3) is 0 Å². The quantitative estimate of drug-likeness (QED) is 0.294. The van der Waals surface area contributed by atoms with E-state index in [0.717, 1.165) is 45.8 Å². The van der Waals surface area contributed by atoms with E-state index in [-0.39, 0.29) is 0 Å². The lowest BCUT2D eigenvalue weighted by atomic mass is 10.3. The van der Waals surface area contributed by atoms with Crippen molar-refractivity contribution in [3.8, 4) is 11.5 Å². The summed E-state index contributed by atoms with van der Waals surface area (Å²) in [6.07, 6.45) is 1.13. The number of nitrogen functional groups attached to an aromatic ring is 1. The van der Waals surface area contributed by atoms with Gasteiger partial charge >= 0.3 is 0 Å². The zero-order valence-corrected chi connectivity index (χ0v) is 19.0. The van der Waals surface area contributed by atoms with Crippen molar-refractivity contribution in [2.75, 3.05) is 85.6 Å². The van der Waals surface area contributed by atoms with Gasteiger partial charge in [0.25, 0.3) is 0 Å². The molecule has 174 valence electrons. The highest BCUT2D eigenvalue weighted by molar-refractivity contribution is 5.51. The Hall–Kier alpha value is -1.62. The Labute approximate surface area is 181 Å². The van der Waals surface area contributed by atoms with Crippen LogP contribution in [-0.2, 0) is 9.47 Å². The summed E-state index contributed by atoms with van der Waals surface area (Å²) in [5.74, 6) is 1.24. The van der Waals surface area contributed by atoms with Crippen LogP contribution >= 0.6 is 0 Å². The first-order valence-electron chi connectivity index (χ1n) is 10.6. The smallest absolute Gasteiger partial charge is 0.162 e. The fourth-order valence-corrected chi connectivity index (χ4v) is 2.72. The van der Waals surface area contributed by atoms with E-state index in [0.29, 0.717) is 43.6 Å². The van der Waals surface area contributed by atoms with E-state index in [9.17, 15) is 5.21 Å². The van der Waals surface area contributed by atoms with Gasteiger partial charge in [-0.1, -0.05) is 6.92 Å². The maximum atomic E-state index is 9.99. The maximum Gasteiger partial charge on any atom is 0.162 e.